The largest absolute Gasteiger partial charge is 0.490 e. The first kappa shape index (κ1) is 19.8. The van der Waals surface area contributed by atoms with Gasteiger partial charge >= 0.3 is 0 Å². The maximum atomic E-state index is 9.35. The van der Waals surface area contributed by atoms with E-state index in [4.69, 9.17) is 9.47 Å². The number of benzene rings is 2. The fourth-order valence-corrected chi connectivity index (χ4v) is 3.04. The van der Waals surface area contributed by atoms with Crippen LogP contribution in [0.1, 0.15) is 30.9 Å². The van der Waals surface area contributed by atoms with Crippen LogP contribution in [0.2, 0.25) is 0 Å². The van der Waals surface area contributed by atoms with E-state index >= 15 is 0 Å². The van der Waals surface area contributed by atoms with Crippen LogP contribution in [0.4, 0.5) is 0 Å². The number of rotatable bonds is 11. The van der Waals surface area contributed by atoms with Crippen LogP contribution in [-0.2, 0) is 5.41 Å². The van der Waals surface area contributed by atoms with E-state index < -0.39 is 0 Å². The van der Waals surface area contributed by atoms with Gasteiger partial charge in [-0.25, -0.2) is 0 Å². The second-order valence-corrected chi connectivity index (χ2v) is 6.41. The predicted octanol–water partition coefficient (Wildman–Crippen LogP) is 4.89. The molecule has 0 amide bonds. The molecule has 3 heteroatoms. The van der Waals surface area contributed by atoms with Crippen LogP contribution in [0.15, 0.2) is 73.8 Å². The van der Waals surface area contributed by atoms with Crippen LogP contribution < -0.4 is 9.47 Å². The maximum absolute atomic E-state index is 9.35. The molecule has 2 rings (SSSR count). The molecule has 0 aliphatic carbocycles. The molecule has 0 radical (unpaired) electrons. The Morgan fingerprint density at radius 3 is 1.62 bits per heavy atom. The minimum atomic E-state index is -0.198. The monoisotopic (exact) mass is 352 g/mol. The van der Waals surface area contributed by atoms with Crippen molar-refractivity contribution in [3.8, 4) is 11.5 Å². The normalized spacial score (nSPS) is 11.0. The van der Waals surface area contributed by atoms with E-state index in [0.717, 1.165) is 24.3 Å². The van der Waals surface area contributed by atoms with Gasteiger partial charge in [0.1, 0.15) is 24.7 Å². The third-order valence-electron chi connectivity index (χ3n) is 4.55. The molecule has 0 unspecified atom stereocenters. The lowest BCUT2D eigenvalue weighted by atomic mass is 9.73. The Balaban J connectivity index is 2.28. The molecule has 2 aromatic carbocycles. The zero-order valence-electron chi connectivity index (χ0n) is 15.5. The average molecular weight is 352 g/mol. The molecule has 3 nitrogen and oxygen atoms in total. The van der Waals surface area contributed by atoms with Gasteiger partial charge in [0.25, 0.3) is 0 Å². The molecule has 138 valence electrons. The molecule has 0 spiro atoms. The fourth-order valence-electron chi connectivity index (χ4n) is 3.04. The van der Waals surface area contributed by atoms with E-state index in [0.29, 0.717) is 13.2 Å². The van der Waals surface area contributed by atoms with Gasteiger partial charge in [-0.3, -0.25) is 0 Å². The Hall–Kier alpha value is -2.52. The molecular formula is C23H28O3. The summed E-state index contributed by atoms with van der Waals surface area (Å²) < 4.78 is 11.2. The van der Waals surface area contributed by atoms with Crippen LogP contribution in [0.3, 0.4) is 0 Å². The summed E-state index contributed by atoms with van der Waals surface area (Å²) >= 11 is 0. The molecule has 0 saturated carbocycles. The van der Waals surface area contributed by atoms with Crippen molar-refractivity contribution in [2.75, 3.05) is 19.8 Å². The molecule has 2 aromatic rings. The summed E-state index contributed by atoms with van der Waals surface area (Å²) in [4.78, 5) is 0. The molecule has 0 bridgehead atoms. The number of ether oxygens (including phenoxy) is 2. The van der Waals surface area contributed by atoms with Crippen molar-refractivity contribution in [2.24, 2.45) is 0 Å². The van der Waals surface area contributed by atoms with Crippen LogP contribution in [0.5, 0.6) is 11.5 Å². The molecule has 0 aliphatic rings. The van der Waals surface area contributed by atoms with E-state index in [1.54, 1.807) is 12.2 Å². The van der Waals surface area contributed by atoms with E-state index in [1.165, 1.54) is 11.1 Å². The molecule has 0 heterocycles. The number of hydrogen-bond acceptors (Lipinski definition) is 3. The summed E-state index contributed by atoms with van der Waals surface area (Å²) in [6.07, 6.45) is 5.05. The SMILES string of the molecule is C=CCOc1ccc(C(C)(CCCO)c2ccc(OCC=C)cc2)cc1. The summed E-state index contributed by atoms with van der Waals surface area (Å²) in [5.74, 6) is 1.65. The standard InChI is InChI=1S/C23H28O3/c1-4-17-25-21-11-7-19(8-12-21)23(3,15-6-16-24)20-9-13-22(14-10-20)26-18-5-2/h4-5,7-14,24H,1-2,6,15-18H2,3H3. The van der Waals surface area contributed by atoms with Crippen molar-refractivity contribution >= 4 is 0 Å². The first-order valence-corrected chi connectivity index (χ1v) is 8.93. The van der Waals surface area contributed by atoms with Crippen molar-refractivity contribution in [3.05, 3.63) is 85.0 Å². The molecule has 0 aromatic heterocycles. The highest BCUT2D eigenvalue weighted by atomic mass is 16.5. The Bertz CT molecular complexity index is 631. The van der Waals surface area contributed by atoms with Crippen LogP contribution >= 0.6 is 0 Å². The first-order valence-electron chi connectivity index (χ1n) is 8.93. The number of aliphatic hydroxyl groups excluding tert-OH is 1. The number of hydrogen-bond donors (Lipinski definition) is 1. The quantitative estimate of drug-likeness (QED) is 0.585. The lowest BCUT2D eigenvalue weighted by molar-refractivity contribution is 0.272. The Kier molecular flexibility index (Phi) is 7.49. The van der Waals surface area contributed by atoms with Crippen molar-refractivity contribution in [2.45, 2.75) is 25.2 Å². The van der Waals surface area contributed by atoms with Gasteiger partial charge in [0, 0.05) is 12.0 Å². The molecule has 26 heavy (non-hydrogen) atoms. The summed E-state index contributed by atoms with van der Waals surface area (Å²) in [5, 5.41) is 9.35. The Morgan fingerprint density at radius 1 is 0.846 bits per heavy atom. The summed E-state index contributed by atoms with van der Waals surface area (Å²) in [6, 6.07) is 16.3. The summed E-state index contributed by atoms with van der Waals surface area (Å²) in [7, 11) is 0. The van der Waals surface area contributed by atoms with Crippen LogP contribution in [0.25, 0.3) is 0 Å². The van der Waals surface area contributed by atoms with Crippen molar-refractivity contribution in [1.29, 1.82) is 0 Å². The van der Waals surface area contributed by atoms with Gasteiger partial charge in [-0.15, -0.1) is 0 Å². The van der Waals surface area contributed by atoms with E-state index in [9.17, 15) is 5.11 Å². The topological polar surface area (TPSA) is 38.7 Å². The van der Waals surface area contributed by atoms with Gasteiger partial charge < -0.3 is 14.6 Å². The second kappa shape index (κ2) is 9.83. The van der Waals surface area contributed by atoms with Gasteiger partial charge in [-0.1, -0.05) is 56.5 Å². The highest BCUT2D eigenvalue weighted by molar-refractivity contribution is 5.42. The van der Waals surface area contributed by atoms with E-state index in [2.05, 4.69) is 44.3 Å². The van der Waals surface area contributed by atoms with Crippen molar-refractivity contribution in [3.63, 3.8) is 0 Å². The lowest BCUT2D eigenvalue weighted by Gasteiger charge is -2.31. The Labute approximate surface area is 156 Å². The highest BCUT2D eigenvalue weighted by Crippen LogP contribution is 2.37. The highest BCUT2D eigenvalue weighted by Gasteiger charge is 2.28. The van der Waals surface area contributed by atoms with E-state index in [1.807, 2.05) is 24.3 Å². The number of aliphatic hydroxyl groups is 1. The van der Waals surface area contributed by atoms with Crippen LogP contribution in [0, 0.1) is 0 Å². The average Bonchev–Trinajstić information content (AvgIpc) is 2.69. The lowest BCUT2D eigenvalue weighted by Crippen LogP contribution is -2.24. The fraction of sp³-hybridized carbons (Fsp3) is 0.304. The Morgan fingerprint density at radius 2 is 1.27 bits per heavy atom. The van der Waals surface area contributed by atoms with E-state index in [-0.39, 0.29) is 12.0 Å². The second-order valence-electron chi connectivity index (χ2n) is 6.41. The van der Waals surface area contributed by atoms with Gasteiger partial charge in [0.15, 0.2) is 0 Å². The smallest absolute Gasteiger partial charge is 0.119 e. The van der Waals surface area contributed by atoms with Gasteiger partial charge in [-0.2, -0.15) is 0 Å². The van der Waals surface area contributed by atoms with Crippen LogP contribution in [-0.4, -0.2) is 24.9 Å². The minimum absolute atomic E-state index is 0.177. The third kappa shape index (κ3) is 4.99. The molecule has 0 fully saturated rings. The third-order valence-corrected chi connectivity index (χ3v) is 4.55. The molecule has 1 N–H and O–H groups in total. The first-order chi connectivity index (χ1) is 12.6. The summed E-state index contributed by atoms with van der Waals surface area (Å²) in [5.41, 5.74) is 2.18. The predicted molar refractivity (Wildman–Crippen MR) is 107 cm³/mol. The zero-order valence-corrected chi connectivity index (χ0v) is 15.5. The molecule has 0 aliphatic heterocycles. The zero-order chi connectivity index (χ0) is 18.8. The van der Waals surface area contributed by atoms with Gasteiger partial charge in [-0.05, 0) is 48.2 Å². The molecule has 0 saturated heterocycles. The van der Waals surface area contributed by atoms with Crippen molar-refractivity contribution in [1.82, 2.24) is 0 Å². The van der Waals surface area contributed by atoms with Gasteiger partial charge in [0.05, 0.1) is 0 Å². The van der Waals surface area contributed by atoms with Gasteiger partial charge in [0.2, 0.25) is 0 Å². The summed E-state index contributed by atoms with van der Waals surface area (Å²) in [6.45, 7) is 10.7. The van der Waals surface area contributed by atoms with Crippen molar-refractivity contribution < 1.29 is 14.6 Å². The molecule has 0 atom stereocenters. The molecular weight excluding hydrogens is 324 g/mol. The minimum Gasteiger partial charge on any atom is -0.490 e. The maximum Gasteiger partial charge on any atom is 0.119 e.